The number of rotatable bonds is 3. The molecule has 152 valence electrons. The number of hydrogen-bond donors (Lipinski definition) is 0. The lowest BCUT2D eigenvalue weighted by Gasteiger charge is -2.30. The second-order valence-corrected chi connectivity index (χ2v) is 7.62. The Morgan fingerprint density at radius 2 is 2.13 bits per heavy atom. The third kappa shape index (κ3) is 3.22. The van der Waals surface area contributed by atoms with E-state index in [4.69, 9.17) is 4.52 Å². The van der Waals surface area contributed by atoms with Gasteiger partial charge in [0.2, 0.25) is 11.7 Å². The van der Waals surface area contributed by atoms with Crippen LogP contribution >= 0.6 is 0 Å². The van der Waals surface area contributed by atoms with E-state index < -0.39 is 0 Å². The van der Waals surface area contributed by atoms with Crippen LogP contribution in [0.3, 0.4) is 0 Å². The Hall–Kier alpha value is -3.62. The molecule has 0 saturated carbocycles. The summed E-state index contributed by atoms with van der Waals surface area (Å²) in [6.45, 7) is 5.08. The summed E-state index contributed by atoms with van der Waals surface area (Å²) < 4.78 is 7.23. The number of carbonyl (C=O) groups is 1. The third-order valence-corrected chi connectivity index (χ3v) is 5.43. The number of likely N-dealkylation sites (tertiary alicyclic amines) is 1. The van der Waals surface area contributed by atoms with E-state index in [0.717, 1.165) is 29.8 Å². The summed E-state index contributed by atoms with van der Waals surface area (Å²) in [7, 11) is 0. The van der Waals surface area contributed by atoms with E-state index in [2.05, 4.69) is 25.2 Å². The molecule has 0 N–H and O–H groups in total. The first-order chi connectivity index (χ1) is 14.6. The van der Waals surface area contributed by atoms with E-state index in [1.54, 1.807) is 23.1 Å². The number of aryl methyl sites for hydroxylation is 2. The highest BCUT2D eigenvalue weighted by Gasteiger charge is 2.30. The van der Waals surface area contributed by atoms with E-state index in [9.17, 15) is 4.79 Å². The Kier molecular flexibility index (Phi) is 4.50. The first kappa shape index (κ1) is 18.4. The largest absolute Gasteiger partial charge is 0.339 e. The molecular formula is C21H21N7O2. The number of amides is 1. The summed E-state index contributed by atoms with van der Waals surface area (Å²) in [6, 6.07) is 5.67. The predicted molar refractivity (Wildman–Crippen MR) is 108 cm³/mol. The summed E-state index contributed by atoms with van der Waals surface area (Å²) in [4.78, 5) is 28.3. The van der Waals surface area contributed by atoms with Crippen molar-refractivity contribution in [3.05, 3.63) is 59.6 Å². The Labute approximate surface area is 172 Å². The zero-order valence-electron chi connectivity index (χ0n) is 16.8. The highest BCUT2D eigenvalue weighted by atomic mass is 16.5. The molecule has 0 aromatic carbocycles. The molecule has 0 radical (unpaired) electrons. The van der Waals surface area contributed by atoms with Gasteiger partial charge in [0.25, 0.3) is 5.91 Å². The fraction of sp³-hybridized carbons (Fsp3) is 0.333. The van der Waals surface area contributed by atoms with Gasteiger partial charge in [0, 0.05) is 42.4 Å². The van der Waals surface area contributed by atoms with Crippen molar-refractivity contribution in [3.8, 4) is 11.4 Å². The maximum Gasteiger partial charge on any atom is 0.259 e. The average Bonchev–Trinajstić information content (AvgIpc) is 3.42. The fourth-order valence-electron chi connectivity index (χ4n) is 3.97. The number of nitrogens with zero attached hydrogens (tertiary/aromatic N) is 7. The number of hydrogen-bond acceptors (Lipinski definition) is 7. The van der Waals surface area contributed by atoms with Crippen LogP contribution < -0.4 is 0 Å². The zero-order valence-corrected chi connectivity index (χ0v) is 16.8. The zero-order chi connectivity index (χ0) is 20.7. The normalized spacial score (nSPS) is 16.9. The van der Waals surface area contributed by atoms with E-state index >= 15 is 0 Å². The minimum atomic E-state index is -0.0702. The van der Waals surface area contributed by atoms with Gasteiger partial charge in [0.1, 0.15) is 5.56 Å². The second kappa shape index (κ2) is 7.33. The highest BCUT2D eigenvalue weighted by molar-refractivity contribution is 5.99. The van der Waals surface area contributed by atoms with Crippen molar-refractivity contribution >= 4 is 11.6 Å². The molecular weight excluding hydrogens is 382 g/mol. The van der Waals surface area contributed by atoms with Crippen molar-refractivity contribution in [2.45, 2.75) is 32.6 Å². The molecule has 0 bridgehead atoms. The summed E-state index contributed by atoms with van der Waals surface area (Å²) in [5.41, 5.74) is 3.72. The van der Waals surface area contributed by atoms with Crippen molar-refractivity contribution in [2.75, 3.05) is 13.1 Å². The van der Waals surface area contributed by atoms with Gasteiger partial charge in [-0.3, -0.25) is 9.78 Å². The summed E-state index contributed by atoms with van der Waals surface area (Å²) in [5.74, 6) is 0.994. The van der Waals surface area contributed by atoms with Gasteiger partial charge >= 0.3 is 0 Å². The van der Waals surface area contributed by atoms with Gasteiger partial charge in [-0.1, -0.05) is 5.16 Å². The molecule has 1 unspecified atom stereocenters. The molecule has 0 spiro atoms. The molecule has 5 heterocycles. The van der Waals surface area contributed by atoms with Crippen LogP contribution in [0.4, 0.5) is 0 Å². The van der Waals surface area contributed by atoms with Crippen molar-refractivity contribution in [1.29, 1.82) is 0 Å². The van der Waals surface area contributed by atoms with Gasteiger partial charge in [-0.15, -0.1) is 0 Å². The summed E-state index contributed by atoms with van der Waals surface area (Å²) >= 11 is 0. The smallest absolute Gasteiger partial charge is 0.259 e. The molecule has 4 aromatic rings. The fourth-order valence-corrected chi connectivity index (χ4v) is 3.97. The van der Waals surface area contributed by atoms with E-state index in [1.807, 2.05) is 36.9 Å². The molecule has 9 nitrogen and oxygen atoms in total. The van der Waals surface area contributed by atoms with Crippen LogP contribution in [0.1, 0.15) is 46.4 Å². The van der Waals surface area contributed by atoms with Gasteiger partial charge < -0.3 is 9.42 Å². The Morgan fingerprint density at radius 1 is 1.23 bits per heavy atom. The van der Waals surface area contributed by atoms with E-state index in [0.29, 0.717) is 36.0 Å². The van der Waals surface area contributed by atoms with Crippen LogP contribution in [0.5, 0.6) is 0 Å². The summed E-state index contributed by atoms with van der Waals surface area (Å²) in [5, 5.41) is 8.44. The van der Waals surface area contributed by atoms with Crippen LogP contribution in [0, 0.1) is 13.8 Å². The number of piperidine rings is 1. The molecule has 1 fully saturated rings. The standard InChI is InChI=1S/C21H21N7O2/c1-13-9-14(2)28-19(24-13)17(11-23-28)21(29)27-8-4-6-16(12-27)20-25-18(26-30-20)15-5-3-7-22-10-15/h3,5,7,9-11,16H,4,6,8,12H2,1-2H3. The first-order valence-corrected chi connectivity index (χ1v) is 9.95. The Bertz CT molecular complexity index is 1210. The lowest BCUT2D eigenvalue weighted by atomic mass is 9.97. The average molecular weight is 403 g/mol. The minimum absolute atomic E-state index is 0.00103. The van der Waals surface area contributed by atoms with Crippen LogP contribution in [-0.2, 0) is 0 Å². The number of carbonyl (C=O) groups excluding carboxylic acids is 1. The molecule has 1 atom stereocenters. The van der Waals surface area contributed by atoms with Gasteiger partial charge in [-0.2, -0.15) is 10.1 Å². The molecule has 5 rings (SSSR count). The summed E-state index contributed by atoms with van der Waals surface area (Å²) in [6.07, 6.45) is 6.77. The quantitative estimate of drug-likeness (QED) is 0.518. The molecule has 30 heavy (non-hydrogen) atoms. The number of aromatic nitrogens is 6. The Balaban J connectivity index is 1.38. The highest BCUT2D eigenvalue weighted by Crippen LogP contribution is 2.28. The topological polar surface area (TPSA) is 102 Å². The Morgan fingerprint density at radius 3 is 2.97 bits per heavy atom. The van der Waals surface area contributed by atoms with E-state index in [1.165, 1.54) is 0 Å². The van der Waals surface area contributed by atoms with Crippen LogP contribution in [0.2, 0.25) is 0 Å². The molecule has 1 aliphatic rings. The van der Waals surface area contributed by atoms with Crippen molar-refractivity contribution in [3.63, 3.8) is 0 Å². The molecule has 9 heteroatoms. The molecule has 0 aliphatic carbocycles. The lowest BCUT2D eigenvalue weighted by molar-refractivity contribution is 0.0697. The van der Waals surface area contributed by atoms with Gasteiger partial charge in [0.05, 0.1) is 12.1 Å². The monoisotopic (exact) mass is 403 g/mol. The predicted octanol–water partition coefficient (Wildman–Crippen LogP) is 2.81. The minimum Gasteiger partial charge on any atom is -0.339 e. The molecule has 1 aliphatic heterocycles. The van der Waals surface area contributed by atoms with Gasteiger partial charge in [-0.05, 0) is 44.9 Å². The lowest BCUT2D eigenvalue weighted by Crippen LogP contribution is -2.39. The number of pyridine rings is 1. The number of fused-ring (bicyclic) bond motifs is 1. The van der Waals surface area contributed by atoms with E-state index in [-0.39, 0.29) is 11.8 Å². The first-order valence-electron chi connectivity index (χ1n) is 9.95. The molecule has 1 saturated heterocycles. The maximum absolute atomic E-state index is 13.3. The van der Waals surface area contributed by atoms with Crippen molar-refractivity contribution in [2.24, 2.45) is 0 Å². The van der Waals surface area contributed by atoms with Crippen LogP contribution in [0.25, 0.3) is 17.0 Å². The van der Waals surface area contributed by atoms with Gasteiger partial charge in [0.15, 0.2) is 5.65 Å². The van der Waals surface area contributed by atoms with Crippen LogP contribution in [-0.4, -0.2) is 53.6 Å². The van der Waals surface area contributed by atoms with Gasteiger partial charge in [-0.25, -0.2) is 9.50 Å². The molecule has 4 aromatic heterocycles. The third-order valence-electron chi connectivity index (χ3n) is 5.43. The SMILES string of the molecule is Cc1cc(C)n2ncc(C(=O)N3CCCC(c4nc(-c5cccnc5)no4)C3)c2n1. The molecule has 1 amide bonds. The van der Waals surface area contributed by atoms with Crippen molar-refractivity contribution in [1.82, 2.24) is 34.6 Å². The second-order valence-electron chi connectivity index (χ2n) is 7.62. The van der Waals surface area contributed by atoms with Crippen LogP contribution in [0.15, 0.2) is 41.3 Å². The maximum atomic E-state index is 13.3. The van der Waals surface area contributed by atoms with Crippen molar-refractivity contribution < 1.29 is 9.32 Å².